The summed E-state index contributed by atoms with van der Waals surface area (Å²) in [6.07, 6.45) is 2.74. The number of amides is 1. The van der Waals surface area contributed by atoms with Gasteiger partial charge in [0.25, 0.3) is 5.91 Å². The molecule has 0 N–H and O–H groups in total. The maximum atomic E-state index is 12.3. The first-order valence-corrected chi connectivity index (χ1v) is 6.86. The molecule has 4 heteroatoms. The molecule has 0 spiro atoms. The highest BCUT2D eigenvalue weighted by Crippen LogP contribution is 2.24. The second-order valence-electron chi connectivity index (χ2n) is 4.67. The fourth-order valence-electron chi connectivity index (χ4n) is 2.18. The zero-order valence-corrected chi connectivity index (χ0v) is 11.8. The minimum atomic E-state index is 0.113. The molecule has 0 aromatic carbocycles. The molecule has 0 aliphatic carbocycles. The van der Waals surface area contributed by atoms with Crippen LogP contribution in [0.15, 0.2) is 18.3 Å². The molecule has 1 aromatic rings. The van der Waals surface area contributed by atoms with Crippen molar-refractivity contribution in [2.24, 2.45) is 5.92 Å². The van der Waals surface area contributed by atoms with Crippen molar-refractivity contribution in [1.82, 2.24) is 9.88 Å². The number of likely N-dealkylation sites (tertiary alicyclic amines) is 1. The van der Waals surface area contributed by atoms with Crippen molar-refractivity contribution >= 4 is 21.8 Å². The number of rotatable bonds is 1. The lowest BCUT2D eigenvalue weighted by atomic mass is 9.99. The van der Waals surface area contributed by atoms with Crippen LogP contribution in [0.5, 0.6) is 0 Å². The Hall–Kier alpha value is -0.900. The Morgan fingerprint density at radius 1 is 1.59 bits per heavy atom. The van der Waals surface area contributed by atoms with Crippen LogP contribution in [0.4, 0.5) is 0 Å². The van der Waals surface area contributed by atoms with Gasteiger partial charge < -0.3 is 4.90 Å². The van der Waals surface area contributed by atoms with Crippen LogP contribution >= 0.6 is 15.9 Å². The van der Waals surface area contributed by atoms with Gasteiger partial charge in [-0.3, -0.25) is 9.78 Å². The van der Waals surface area contributed by atoms with Crippen LogP contribution in [0, 0.1) is 12.8 Å². The van der Waals surface area contributed by atoms with Gasteiger partial charge in [0, 0.05) is 29.8 Å². The van der Waals surface area contributed by atoms with Gasteiger partial charge in [0.15, 0.2) is 0 Å². The number of piperidine rings is 1. The Balaban J connectivity index is 2.14. The Bertz CT molecular complexity index is 422. The number of nitrogens with zero attached hydrogens (tertiary/aromatic N) is 2. The summed E-state index contributed by atoms with van der Waals surface area (Å²) in [5.41, 5.74) is 1.54. The summed E-state index contributed by atoms with van der Waals surface area (Å²) in [6, 6.07) is 3.68. The molecular weight excluding hydrogens is 280 g/mol. The molecule has 0 bridgehead atoms. The minimum Gasteiger partial charge on any atom is -0.338 e. The molecule has 17 heavy (non-hydrogen) atoms. The van der Waals surface area contributed by atoms with E-state index < -0.39 is 0 Å². The molecule has 1 saturated heterocycles. The van der Waals surface area contributed by atoms with Gasteiger partial charge in [0.05, 0.1) is 5.56 Å². The quantitative estimate of drug-likeness (QED) is 0.747. The molecule has 2 heterocycles. The first-order valence-electron chi connectivity index (χ1n) is 5.94. The summed E-state index contributed by atoms with van der Waals surface area (Å²) in [5, 5.41) is 0. The summed E-state index contributed by atoms with van der Waals surface area (Å²) in [4.78, 5) is 19.0. The highest BCUT2D eigenvalue weighted by Gasteiger charge is 2.28. The van der Waals surface area contributed by atoms with Crippen molar-refractivity contribution in [3.63, 3.8) is 0 Å². The van der Waals surface area contributed by atoms with E-state index in [1.54, 1.807) is 6.20 Å². The summed E-state index contributed by atoms with van der Waals surface area (Å²) < 4.78 is 0. The maximum absolute atomic E-state index is 12.3. The number of pyridine rings is 1. The van der Waals surface area contributed by atoms with Gasteiger partial charge in [-0.1, -0.05) is 22.9 Å². The predicted molar refractivity (Wildman–Crippen MR) is 71.4 cm³/mol. The largest absolute Gasteiger partial charge is 0.338 e. The number of aryl methyl sites for hydroxylation is 1. The highest BCUT2D eigenvalue weighted by molar-refractivity contribution is 9.09. The molecule has 92 valence electrons. The van der Waals surface area contributed by atoms with Crippen LogP contribution in [0.25, 0.3) is 0 Å². The minimum absolute atomic E-state index is 0.113. The normalized spacial score (nSPS) is 24.8. The van der Waals surface area contributed by atoms with Gasteiger partial charge in [-0.15, -0.1) is 0 Å². The third-order valence-corrected chi connectivity index (χ3v) is 4.69. The second-order valence-corrected chi connectivity index (χ2v) is 5.85. The van der Waals surface area contributed by atoms with Crippen LogP contribution in [0.1, 0.15) is 29.4 Å². The number of hydrogen-bond donors (Lipinski definition) is 0. The fourth-order valence-corrected chi connectivity index (χ4v) is 2.55. The summed E-state index contributed by atoms with van der Waals surface area (Å²) >= 11 is 3.65. The Kier molecular flexibility index (Phi) is 3.82. The fraction of sp³-hybridized carbons (Fsp3) is 0.538. The van der Waals surface area contributed by atoms with E-state index >= 15 is 0 Å². The van der Waals surface area contributed by atoms with Crippen LogP contribution in [0.3, 0.4) is 0 Å². The molecule has 1 aliphatic rings. The van der Waals surface area contributed by atoms with E-state index in [1.165, 1.54) is 0 Å². The predicted octanol–water partition coefficient (Wildman–Crippen LogP) is 2.64. The molecule has 2 rings (SSSR count). The maximum Gasteiger partial charge on any atom is 0.255 e. The first-order chi connectivity index (χ1) is 8.09. The number of carbonyl (C=O) groups excluding carboxylic acids is 1. The molecule has 1 aromatic heterocycles. The van der Waals surface area contributed by atoms with Crippen LogP contribution in [-0.2, 0) is 0 Å². The van der Waals surface area contributed by atoms with E-state index in [2.05, 4.69) is 27.8 Å². The molecule has 1 aliphatic heterocycles. The van der Waals surface area contributed by atoms with E-state index in [0.717, 1.165) is 30.8 Å². The van der Waals surface area contributed by atoms with Gasteiger partial charge in [0.1, 0.15) is 0 Å². The van der Waals surface area contributed by atoms with E-state index in [9.17, 15) is 4.79 Å². The monoisotopic (exact) mass is 296 g/mol. The third kappa shape index (κ3) is 2.68. The zero-order valence-electron chi connectivity index (χ0n) is 10.2. The van der Waals surface area contributed by atoms with Crippen LogP contribution in [-0.4, -0.2) is 33.7 Å². The third-order valence-electron chi connectivity index (χ3n) is 3.33. The van der Waals surface area contributed by atoms with Gasteiger partial charge in [-0.2, -0.15) is 0 Å². The lowest BCUT2D eigenvalue weighted by Gasteiger charge is -2.34. The van der Waals surface area contributed by atoms with Crippen molar-refractivity contribution < 1.29 is 4.79 Å². The average Bonchev–Trinajstić information content (AvgIpc) is 2.32. The van der Waals surface area contributed by atoms with Gasteiger partial charge >= 0.3 is 0 Å². The van der Waals surface area contributed by atoms with Crippen molar-refractivity contribution in [2.45, 2.75) is 25.1 Å². The smallest absolute Gasteiger partial charge is 0.255 e. The molecule has 0 radical (unpaired) electrons. The SMILES string of the molecule is Cc1ncccc1C(=O)N1CCC(Br)C(C)C1. The number of alkyl halides is 1. The van der Waals surface area contributed by atoms with Gasteiger partial charge in [0.2, 0.25) is 0 Å². The standard InChI is InChI=1S/C13H17BrN2O/c1-9-8-16(7-5-12(9)14)13(17)11-4-3-6-15-10(11)2/h3-4,6,9,12H,5,7-8H2,1-2H3. The molecule has 1 amide bonds. The first kappa shape index (κ1) is 12.6. The van der Waals surface area contributed by atoms with Crippen molar-refractivity contribution in [3.05, 3.63) is 29.6 Å². The van der Waals surface area contributed by atoms with Crippen LogP contribution in [0.2, 0.25) is 0 Å². The van der Waals surface area contributed by atoms with Crippen LogP contribution < -0.4 is 0 Å². The molecule has 0 saturated carbocycles. The summed E-state index contributed by atoms with van der Waals surface area (Å²) in [7, 11) is 0. The van der Waals surface area contributed by atoms with Gasteiger partial charge in [-0.25, -0.2) is 0 Å². The van der Waals surface area contributed by atoms with Crippen molar-refractivity contribution in [1.29, 1.82) is 0 Å². The molecule has 1 fully saturated rings. The number of carbonyl (C=O) groups is 1. The van der Waals surface area contributed by atoms with E-state index in [-0.39, 0.29) is 5.91 Å². The Morgan fingerprint density at radius 2 is 2.35 bits per heavy atom. The Morgan fingerprint density at radius 3 is 3.00 bits per heavy atom. The molecule has 2 atom stereocenters. The topological polar surface area (TPSA) is 33.2 Å². The zero-order chi connectivity index (χ0) is 12.4. The van der Waals surface area contributed by atoms with Crippen molar-refractivity contribution in [3.8, 4) is 0 Å². The van der Waals surface area contributed by atoms with Gasteiger partial charge in [-0.05, 0) is 31.4 Å². The number of aromatic nitrogens is 1. The number of hydrogen-bond acceptors (Lipinski definition) is 2. The molecule has 2 unspecified atom stereocenters. The van der Waals surface area contributed by atoms with E-state index in [4.69, 9.17) is 0 Å². The highest BCUT2D eigenvalue weighted by atomic mass is 79.9. The lowest BCUT2D eigenvalue weighted by molar-refractivity contribution is 0.0689. The summed E-state index contributed by atoms with van der Waals surface area (Å²) in [6.45, 7) is 5.71. The van der Waals surface area contributed by atoms with Crippen molar-refractivity contribution in [2.75, 3.05) is 13.1 Å². The van der Waals surface area contributed by atoms with E-state index in [0.29, 0.717) is 10.7 Å². The van der Waals surface area contributed by atoms with E-state index in [1.807, 2.05) is 24.0 Å². The Labute approximate surface area is 110 Å². The molecular formula is C13H17BrN2O. The lowest BCUT2D eigenvalue weighted by Crippen LogP contribution is -2.43. The molecule has 3 nitrogen and oxygen atoms in total. The second kappa shape index (κ2) is 5.17. The average molecular weight is 297 g/mol. The number of halogens is 1. The summed E-state index contributed by atoms with van der Waals surface area (Å²) in [5.74, 6) is 0.617.